The minimum atomic E-state index is -3.92. The van der Waals surface area contributed by atoms with Crippen LogP contribution in [-0.4, -0.2) is 19.9 Å². The number of halogens is 1. The van der Waals surface area contributed by atoms with Gasteiger partial charge in [0, 0.05) is 19.0 Å². The zero-order valence-corrected chi connectivity index (χ0v) is 12.2. The predicted molar refractivity (Wildman–Crippen MR) is 75.7 cm³/mol. The molecule has 114 valence electrons. The summed E-state index contributed by atoms with van der Waals surface area (Å²) in [7, 11) is -3.92. The lowest BCUT2D eigenvalue weighted by Gasteiger charge is -2.08. The van der Waals surface area contributed by atoms with Gasteiger partial charge in [0.05, 0.1) is 9.82 Å². The molecule has 1 rings (SSSR count). The molecule has 0 aliphatic carbocycles. The average Bonchev–Trinajstić information content (AvgIpc) is 2.40. The third-order valence-electron chi connectivity index (χ3n) is 2.76. The molecular formula is C13H15FN2O4S. The largest absolute Gasteiger partial charge is 0.306 e. The first-order valence-corrected chi connectivity index (χ1v) is 7.65. The van der Waals surface area contributed by atoms with E-state index >= 15 is 0 Å². The lowest BCUT2D eigenvalue weighted by atomic mass is 10.2. The van der Waals surface area contributed by atoms with E-state index in [1.54, 1.807) is 0 Å². The van der Waals surface area contributed by atoms with Crippen molar-refractivity contribution >= 4 is 15.7 Å². The van der Waals surface area contributed by atoms with Crippen LogP contribution in [0.15, 0.2) is 17.0 Å². The van der Waals surface area contributed by atoms with E-state index in [-0.39, 0.29) is 17.0 Å². The molecule has 0 saturated carbocycles. The lowest BCUT2D eigenvalue weighted by molar-refractivity contribution is -0.387. The number of hydrogen-bond donors (Lipinski definition) is 1. The number of aryl methyl sites for hydroxylation is 1. The minimum Gasteiger partial charge on any atom is -0.258 e. The van der Waals surface area contributed by atoms with Crippen LogP contribution in [0.1, 0.15) is 24.8 Å². The highest BCUT2D eigenvalue weighted by atomic mass is 32.2. The van der Waals surface area contributed by atoms with E-state index < -0.39 is 26.5 Å². The third kappa shape index (κ3) is 4.51. The highest BCUT2D eigenvalue weighted by molar-refractivity contribution is 7.89. The van der Waals surface area contributed by atoms with Gasteiger partial charge >= 0.3 is 5.69 Å². The number of terminal acetylenes is 1. The molecule has 21 heavy (non-hydrogen) atoms. The molecule has 0 aliphatic heterocycles. The van der Waals surface area contributed by atoms with E-state index in [0.717, 1.165) is 6.07 Å². The number of hydrogen-bond acceptors (Lipinski definition) is 4. The van der Waals surface area contributed by atoms with E-state index in [2.05, 4.69) is 10.6 Å². The first-order chi connectivity index (χ1) is 9.79. The number of unbranched alkanes of at least 4 members (excludes halogenated alkanes) is 2. The zero-order chi connectivity index (χ0) is 16.0. The van der Waals surface area contributed by atoms with Crippen molar-refractivity contribution in [3.05, 3.63) is 33.6 Å². The fourth-order valence-corrected chi connectivity index (χ4v) is 2.83. The maximum Gasteiger partial charge on any atom is 0.306 e. The van der Waals surface area contributed by atoms with Crippen molar-refractivity contribution in [3.63, 3.8) is 0 Å². The van der Waals surface area contributed by atoms with Crippen LogP contribution in [0.2, 0.25) is 0 Å². The third-order valence-corrected chi connectivity index (χ3v) is 4.20. The standard InChI is InChI=1S/C13H15FN2O4S/c1-3-4-5-6-7-15-21(19,20)11-8-10(2)13(14)12(9-11)16(17)18/h1,8-9,15H,4-7H2,2H3. The SMILES string of the molecule is C#CCCCCNS(=O)(=O)c1cc(C)c(F)c([N+](=O)[O-])c1. The summed E-state index contributed by atoms with van der Waals surface area (Å²) in [5, 5.41) is 10.7. The van der Waals surface area contributed by atoms with Gasteiger partial charge in [-0.1, -0.05) is 0 Å². The van der Waals surface area contributed by atoms with Crippen molar-refractivity contribution in [3.8, 4) is 12.3 Å². The molecule has 1 aromatic rings. The Kier molecular flexibility index (Phi) is 5.81. The van der Waals surface area contributed by atoms with E-state index in [1.807, 2.05) is 0 Å². The first kappa shape index (κ1) is 17.1. The van der Waals surface area contributed by atoms with Crippen molar-refractivity contribution in [2.75, 3.05) is 6.54 Å². The maximum atomic E-state index is 13.5. The Morgan fingerprint density at radius 1 is 1.43 bits per heavy atom. The summed E-state index contributed by atoms with van der Waals surface area (Å²) in [5.41, 5.74) is -0.959. The van der Waals surface area contributed by atoms with Gasteiger partial charge in [0.15, 0.2) is 0 Å². The Hall–Kier alpha value is -1.98. The molecule has 1 N–H and O–H groups in total. The second-order valence-corrected chi connectivity index (χ2v) is 6.16. The Balaban J connectivity index is 2.94. The maximum absolute atomic E-state index is 13.5. The highest BCUT2D eigenvalue weighted by Gasteiger charge is 2.23. The van der Waals surface area contributed by atoms with Gasteiger partial charge in [-0.25, -0.2) is 13.1 Å². The molecule has 0 aromatic heterocycles. The van der Waals surface area contributed by atoms with E-state index in [0.29, 0.717) is 25.3 Å². The molecule has 0 aliphatic rings. The van der Waals surface area contributed by atoms with Gasteiger partial charge in [-0.15, -0.1) is 12.3 Å². The summed E-state index contributed by atoms with van der Waals surface area (Å²) >= 11 is 0. The van der Waals surface area contributed by atoms with Gasteiger partial charge in [-0.2, -0.15) is 4.39 Å². The van der Waals surface area contributed by atoms with Crippen molar-refractivity contribution in [2.24, 2.45) is 0 Å². The summed E-state index contributed by atoms with van der Waals surface area (Å²) in [6.45, 7) is 1.43. The van der Waals surface area contributed by atoms with E-state index in [9.17, 15) is 22.9 Å². The fraction of sp³-hybridized carbons (Fsp3) is 0.385. The second kappa shape index (κ2) is 7.15. The highest BCUT2D eigenvalue weighted by Crippen LogP contribution is 2.24. The van der Waals surface area contributed by atoms with Crippen LogP contribution in [0.25, 0.3) is 0 Å². The molecule has 0 spiro atoms. The first-order valence-electron chi connectivity index (χ1n) is 6.17. The fourth-order valence-electron chi connectivity index (χ4n) is 1.65. The van der Waals surface area contributed by atoms with Crippen LogP contribution in [-0.2, 0) is 10.0 Å². The minimum absolute atomic E-state index is 0.100. The van der Waals surface area contributed by atoms with Gasteiger partial charge in [-0.3, -0.25) is 10.1 Å². The number of nitro benzene ring substituents is 1. The number of rotatable bonds is 7. The molecule has 0 bridgehead atoms. The summed E-state index contributed by atoms with van der Waals surface area (Å²) < 4.78 is 39.9. The number of nitro groups is 1. The quantitative estimate of drug-likeness (QED) is 0.361. The normalized spacial score (nSPS) is 11.1. The smallest absolute Gasteiger partial charge is 0.258 e. The molecule has 0 amide bonds. The molecule has 1 aromatic carbocycles. The molecule has 6 nitrogen and oxygen atoms in total. The van der Waals surface area contributed by atoms with Gasteiger partial charge in [0.2, 0.25) is 15.8 Å². The van der Waals surface area contributed by atoms with Crippen LogP contribution < -0.4 is 4.72 Å². The molecule has 0 fully saturated rings. The van der Waals surface area contributed by atoms with Crippen LogP contribution >= 0.6 is 0 Å². The Morgan fingerprint density at radius 2 is 2.10 bits per heavy atom. The summed E-state index contributed by atoms with van der Waals surface area (Å²) in [6.07, 6.45) is 6.84. The van der Waals surface area contributed by atoms with Gasteiger partial charge < -0.3 is 0 Å². The zero-order valence-electron chi connectivity index (χ0n) is 11.4. The van der Waals surface area contributed by atoms with Crippen LogP contribution in [0.3, 0.4) is 0 Å². The van der Waals surface area contributed by atoms with E-state index in [1.165, 1.54) is 6.92 Å². The van der Waals surface area contributed by atoms with Crippen molar-refractivity contribution < 1.29 is 17.7 Å². The van der Waals surface area contributed by atoms with Crippen LogP contribution in [0.5, 0.6) is 0 Å². The van der Waals surface area contributed by atoms with Crippen LogP contribution in [0, 0.1) is 35.2 Å². The number of nitrogens with one attached hydrogen (secondary N) is 1. The van der Waals surface area contributed by atoms with Crippen LogP contribution in [0.4, 0.5) is 10.1 Å². The second-order valence-electron chi connectivity index (χ2n) is 4.39. The summed E-state index contributed by atoms with van der Waals surface area (Å²) in [6, 6.07) is 1.78. The lowest BCUT2D eigenvalue weighted by Crippen LogP contribution is -2.25. The van der Waals surface area contributed by atoms with Crippen molar-refractivity contribution in [2.45, 2.75) is 31.1 Å². The molecule has 0 heterocycles. The van der Waals surface area contributed by atoms with Gasteiger partial charge in [-0.05, 0) is 31.4 Å². The Morgan fingerprint density at radius 3 is 2.67 bits per heavy atom. The number of sulfonamides is 1. The number of benzene rings is 1. The molecule has 0 atom stereocenters. The van der Waals surface area contributed by atoms with E-state index in [4.69, 9.17) is 6.42 Å². The van der Waals surface area contributed by atoms with Gasteiger partial charge in [0.25, 0.3) is 0 Å². The van der Waals surface area contributed by atoms with Crippen molar-refractivity contribution in [1.82, 2.24) is 4.72 Å². The average molecular weight is 314 g/mol. The van der Waals surface area contributed by atoms with Gasteiger partial charge in [0.1, 0.15) is 0 Å². The monoisotopic (exact) mass is 314 g/mol. The Labute approximate surface area is 122 Å². The Bertz CT molecular complexity index is 680. The molecule has 0 unspecified atom stereocenters. The molecular weight excluding hydrogens is 299 g/mol. The number of nitrogens with zero attached hydrogens (tertiary/aromatic N) is 1. The predicted octanol–water partition coefficient (Wildman–Crippen LogP) is 2.12. The summed E-state index contributed by atoms with van der Waals surface area (Å²) in [4.78, 5) is 9.44. The van der Waals surface area contributed by atoms with Crippen molar-refractivity contribution in [1.29, 1.82) is 0 Å². The molecule has 0 saturated heterocycles. The topological polar surface area (TPSA) is 89.3 Å². The summed E-state index contributed by atoms with van der Waals surface area (Å²) in [5.74, 6) is 1.40. The molecule has 0 radical (unpaired) electrons. The molecule has 8 heteroatoms.